The molecular formula is C19H20N4O4. The van der Waals surface area contributed by atoms with Crippen molar-refractivity contribution in [2.45, 2.75) is 13.8 Å². The van der Waals surface area contributed by atoms with Gasteiger partial charge in [0, 0.05) is 5.69 Å². The summed E-state index contributed by atoms with van der Waals surface area (Å²) < 4.78 is 5.17. The van der Waals surface area contributed by atoms with E-state index >= 15 is 0 Å². The van der Waals surface area contributed by atoms with Crippen molar-refractivity contribution >= 4 is 29.6 Å². The van der Waals surface area contributed by atoms with Gasteiger partial charge < -0.3 is 15.8 Å². The van der Waals surface area contributed by atoms with Gasteiger partial charge in [0.15, 0.2) is 6.61 Å². The van der Waals surface area contributed by atoms with Crippen molar-refractivity contribution in [1.29, 1.82) is 0 Å². The topological polar surface area (TPSA) is 123 Å². The highest BCUT2D eigenvalue weighted by atomic mass is 16.5. The van der Waals surface area contributed by atoms with E-state index in [1.54, 1.807) is 24.3 Å². The number of para-hydroxylation sites is 1. The molecule has 2 aromatic rings. The Morgan fingerprint density at radius 3 is 2.41 bits per heavy atom. The van der Waals surface area contributed by atoms with Gasteiger partial charge in [-0.1, -0.05) is 30.3 Å². The highest BCUT2D eigenvalue weighted by Crippen LogP contribution is 2.19. The maximum Gasteiger partial charge on any atom is 0.329 e. The van der Waals surface area contributed by atoms with Crippen LogP contribution in [0.3, 0.4) is 0 Å². The highest BCUT2D eigenvalue weighted by Gasteiger charge is 2.15. The summed E-state index contributed by atoms with van der Waals surface area (Å²) in [7, 11) is 0. The Bertz CT molecular complexity index is 873. The maximum atomic E-state index is 12.0. The molecule has 4 N–H and O–H groups in total. The van der Waals surface area contributed by atoms with E-state index < -0.39 is 17.7 Å². The van der Waals surface area contributed by atoms with Crippen LogP contribution in [-0.2, 0) is 14.4 Å². The third kappa shape index (κ3) is 5.96. The van der Waals surface area contributed by atoms with Gasteiger partial charge in [-0.3, -0.25) is 14.4 Å². The second kappa shape index (κ2) is 9.14. The molecule has 0 saturated carbocycles. The molecule has 0 radical (unpaired) electrons. The Morgan fingerprint density at radius 2 is 1.74 bits per heavy atom. The van der Waals surface area contributed by atoms with Crippen LogP contribution < -0.4 is 21.2 Å². The van der Waals surface area contributed by atoms with E-state index in [-0.39, 0.29) is 6.61 Å². The minimum Gasteiger partial charge on any atom is -0.484 e. The molecule has 0 bridgehead atoms. The van der Waals surface area contributed by atoms with E-state index in [2.05, 4.69) is 15.8 Å². The number of benzene rings is 2. The molecule has 0 fully saturated rings. The van der Waals surface area contributed by atoms with E-state index in [4.69, 9.17) is 10.5 Å². The largest absolute Gasteiger partial charge is 0.484 e. The van der Waals surface area contributed by atoms with Crippen LogP contribution in [0.2, 0.25) is 0 Å². The van der Waals surface area contributed by atoms with Crippen molar-refractivity contribution in [1.82, 2.24) is 5.43 Å². The number of aryl methyl sites for hydroxylation is 2. The Balaban J connectivity index is 1.93. The summed E-state index contributed by atoms with van der Waals surface area (Å²) in [4.78, 5) is 34.6. The smallest absolute Gasteiger partial charge is 0.329 e. The quantitative estimate of drug-likeness (QED) is 0.403. The number of amides is 3. The normalized spacial score (nSPS) is 10.4. The lowest BCUT2D eigenvalue weighted by molar-refractivity contribution is -0.136. The molecule has 0 aliphatic heterocycles. The summed E-state index contributed by atoms with van der Waals surface area (Å²) in [6.45, 7) is 3.44. The first-order valence-electron chi connectivity index (χ1n) is 8.08. The van der Waals surface area contributed by atoms with Gasteiger partial charge in [-0.2, -0.15) is 5.10 Å². The fourth-order valence-corrected chi connectivity index (χ4v) is 2.24. The van der Waals surface area contributed by atoms with Gasteiger partial charge in [0.05, 0.1) is 6.21 Å². The lowest BCUT2D eigenvalue weighted by atomic mass is 10.1. The molecule has 0 aliphatic carbocycles. The number of hydrazone groups is 1. The molecular weight excluding hydrogens is 348 g/mol. The van der Waals surface area contributed by atoms with E-state index in [1.165, 1.54) is 6.21 Å². The van der Waals surface area contributed by atoms with Crippen LogP contribution >= 0.6 is 0 Å². The lowest BCUT2D eigenvalue weighted by Gasteiger charge is -2.10. The molecule has 27 heavy (non-hydrogen) atoms. The van der Waals surface area contributed by atoms with Crippen molar-refractivity contribution in [3.63, 3.8) is 0 Å². The minimum atomic E-state index is -0.893. The van der Waals surface area contributed by atoms with E-state index in [1.807, 2.05) is 32.0 Å². The molecule has 140 valence electrons. The number of carbonyl (C=O) groups is 3. The maximum absolute atomic E-state index is 12.0. The lowest BCUT2D eigenvalue weighted by Crippen LogP contribution is -2.32. The number of carbonyl (C=O) groups excluding carboxylic acids is 3. The van der Waals surface area contributed by atoms with Crippen LogP contribution in [0.4, 0.5) is 5.69 Å². The zero-order chi connectivity index (χ0) is 19.8. The van der Waals surface area contributed by atoms with E-state index in [0.29, 0.717) is 17.0 Å². The summed E-state index contributed by atoms with van der Waals surface area (Å²) in [5.41, 5.74) is 10.1. The van der Waals surface area contributed by atoms with Crippen LogP contribution in [0, 0.1) is 13.8 Å². The second-order valence-corrected chi connectivity index (χ2v) is 5.75. The molecule has 0 spiro atoms. The molecule has 3 amide bonds. The number of nitrogens with one attached hydrogen (secondary N) is 2. The van der Waals surface area contributed by atoms with Crippen molar-refractivity contribution in [3.05, 3.63) is 59.2 Å². The molecule has 2 aromatic carbocycles. The molecule has 0 saturated heterocycles. The molecule has 0 aromatic heterocycles. The zero-order valence-electron chi connectivity index (χ0n) is 15.0. The molecule has 0 atom stereocenters. The molecule has 8 heteroatoms. The Hall–Kier alpha value is -3.68. The SMILES string of the molecule is Cc1cccc(C)c1NC(=O)C(=O)N/N=C\c1cccc(OCC(N)=O)c1. The van der Waals surface area contributed by atoms with E-state index in [9.17, 15) is 14.4 Å². The van der Waals surface area contributed by atoms with Gasteiger partial charge >= 0.3 is 11.8 Å². The fraction of sp³-hybridized carbons (Fsp3) is 0.158. The number of hydrogen-bond acceptors (Lipinski definition) is 5. The van der Waals surface area contributed by atoms with Gasteiger partial charge in [0.25, 0.3) is 5.91 Å². The number of hydrogen-bond donors (Lipinski definition) is 3. The first-order chi connectivity index (χ1) is 12.9. The molecule has 8 nitrogen and oxygen atoms in total. The summed E-state index contributed by atoms with van der Waals surface area (Å²) in [6.07, 6.45) is 1.35. The monoisotopic (exact) mass is 368 g/mol. The van der Waals surface area contributed by atoms with Crippen molar-refractivity contribution in [3.8, 4) is 5.75 Å². The molecule has 0 heterocycles. The first-order valence-corrected chi connectivity index (χ1v) is 8.08. The van der Waals surface area contributed by atoms with Gasteiger partial charge in [-0.05, 0) is 42.7 Å². The Labute approximate surface area is 156 Å². The third-order valence-corrected chi connectivity index (χ3v) is 3.54. The van der Waals surface area contributed by atoms with Gasteiger partial charge in [0.2, 0.25) is 0 Å². The van der Waals surface area contributed by atoms with Crippen LogP contribution in [0.15, 0.2) is 47.6 Å². The van der Waals surface area contributed by atoms with Crippen molar-refractivity contribution in [2.24, 2.45) is 10.8 Å². The average Bonchev–Trinajstić information content (AvgIpc) is 2.63. The summed E-state index contributed by atoms with van der Waals surface area (Å²) in [6, 6.07) is 12.2. The van der Waals surface area contributed by atoms with Crippen molar-refractivity contribution in [2.75, 3.05) is 11.9 Å². The number of anilines is 1. The summed E-state index contributed by atoms with van der Waals surface area (Å²) in [5.74, 6) is -1.87. The number of rotatable bonds is 6. The number of primary amides is 1. The Kier molecular flexibility index (Phi) is 6.65. The standard InChI is InChI=1S/C19H20N4O4/c1-12-5-3-6-13(2)17(12)22-18(25)19(26)23-21-10-14-7-4-8-15(9-14)27-11-16(20)24/h3-10H,11H2,1-2H3,(H2,20,24)(H,22,25)(H,23,26)/b21-10-. The highest BCUT2D eigenvalue weighted by molar-refractivity contribution is 6.39. The van der Waals surface area contributed by atoms with Crippen LogP contribution in [0.5, 0.6) is 5.75 Å². The first kappa shape index (κ1) is 19.6. The van der Waals surface area contributed by atoms with Gasteiger partial charge in [-0.15, -0.1) is 0 Å². The molecule has 2 rings (SSSR count). The van der Waals surface area contributed by atoms with Crippen LogP contribution in [0.25, 0.3) is 0 Å². The van der Waals surface area contributed by atoms with Crippen LogP contribution in [0.1, 0.15) is 16.7 Å². The average molecular weight is 368 g/mol. The summed E-state index contributed by atoms with van der Waals surface area (Å²) >= 11 is 0. The van der Waals surface area contributed by atoms with Crippen LogP contribution in [-0.4, -0.2) is 30.5 Å². The number of ether oxygens (including phenoxy) is 1. The van der Waals surface area contributed by atoms with E-state index in [0.717, 1.165) is 11.1 Å². The molecule has 0 unspecified atom stereocenters. The summed E-state index contributed by atoms with van der Waals surface area (Å²) in [5, 5.41) is 6.33. The predicted molar refractivity (Wildman–Crippen MR) is 101 cm³/mol. The van der Waals surface area contributed by atoms with Crippen molar-refractivity contribution < 1.29 is 19.1 Å². The molecule has 0 aliphatic rings. The minimum absolute atomic E-state index is 0.240. The predicted octanol–water partition coefficient (Wildman–Crippen LogP) is 1.26. The third-order valence-electron chi connectivity index (χ3n) is 3.54. The van der Waals surface area contributed by atoms with Gasteiger partial charge in [-0.25, -0.2) is 5.43 Å². The fourth-order valence-electron chi connectivity index (χ4n) is 2.24. The number of nitrogens with zero attached hydrogens (tertiary/aromatic N) is 1. The van der Waals surface area contributed by atoms with Gasteiger partial charge in [0.1, 0.15) is 5.75 Å². The second-order valence-electron chi connectivity index (χ2n) is 5.75. The zero-order valence-corrected chi connectivity index (χ0v) is 15.0. The Morgan fingerprint density at radius 1 is 1.07 bits per heavy atom. The number of nitrogens with two attached hydrogens (primary N) is 1.